The van der Waals surface area contributed by atoms with E-state index in [4.69, 9.17) is 21.1 Å². The minimum atomic E-state index is -2.28. The molecule has 2 aliphatic rings. The predicted octanol–water partition coefficient (Wildman–Crippen LogP) is 4.77. The standard InChI is InChI=1S/C23H26NO2PS/c1-25-27(28,21-10-6-3-7-11-21)22-13-12-20(18-19-8-4-2-5-9-19)23(22)24-14-16-26-17-15-24/h2-11,18H,12-17H2,1H3. The molecule has 1 aliphatic heterocycles. The Morgan fingerprint density at radius 2 is 1.61 bits per heavy atom. The smallest absolute Gasteiger partial charge is 0.121 e. The summed E-state index contributed by atoms with van der Waals surface area (Å²) < 4.78 is 11.7. The normalized spacial score (nSPS) is 21.2. The van der Waals surface area contributed by atoms with E-state index in [0.717, 1.165) is 44.4 Å². The fourth-order valence-corrected chi connectivity index (χ4v) is 7.20. The van der Waals surface area contributed by atoms with Crippen molar-refractivity contribution in [2.24, 2.45) is 0 Å². The Morgan fingerprint density at radius 3 is 2.25 bits per heavy atom. The van der Waals surface area contributed by atoms with Crippen LogP contribution >= 0.6 is 6.26 Å². The molecule has 0 amide bonds. The van der Waals surface area contributed by atoms with Gasteiger partial charge in [-0.05, 0) is 30.1 Å². The lowest BCUT2D eigenvalue weighted by atomic mass is 10.1. The Balaban J connectivity index is 1.84. The minimum absolute atomic E-state index is 0.761. The van der Waals surface area contributed by atoms with Crippen molar-refractivity contribution < 1.29 is 9.26 Å². The van der Waals surface area contributed by atoms with Crippen molar-refractivity contribution in [1.82, 2.24) is 4.90 Å². The van der Waals surface area contributed by atoms with Crippen molar-refractivity contribution >= 4 is 29.5 Å². The van der Waals surface area contributed by atoms with Crippen LogP contribution < -0.4 is 5.30 Å². The molecule has 0 radical (unpaired) electrons. The Labute approximate surface area is 172 Å². The van der Waals surface area contributed by atoms with Crippen molar-refractivity contribution in [2.75, 3.05) is 33.4 Å². The third-order valence-electron chi connectivity index (χ3n) is 5.38. The first-order valence-electron chi connectivity index (χ1n) is 9.76. The van der Waals surface area contributed by atoms with Gasteiger partial charge >= 0.3 is 0 Å². The van der Waals surface area contributed by atoms with Crippen molar-refractivity contribution in [3.63, 3.8) is 0 Å². The molecule has 2 aromatic carbocycles. The van der Waals surface area contributed by atoms with E-state index in [-0.39, 0.29) is 0 Å². The van der Waals surface area contributed by atoms with Crippen LogP contribution in [0.2, 0.25) is 0 Å². The number of ether oxygens (including phenoxy) is 1. The summed E-state index contributed by atoms with van der Waals surface area (Å²) in [4.78, 5) is 2.46. The van der Waals surface area contributed by atoms with E-state index >= 15 is 0 Å². The fraction of sp³-hybridized carbons (Fsp3) is 0.304. The lowest BCUT2D eigenvalue weighted by Gasteiger charge is -2.33. The maximum Gasteiger partial charge on any atom is 0.121 e. The van der Waals surface area contributed by atoms with Gasteiger partial charge in [0.05, 0.1) is 13.2 Å². The van der Waals surface area contributed by atoms with Gasteiger partial charge in [-0.15, -0.1) is 0 Å². The molecule has 0 spiro atoms. The molecule has 1 unspecified atom stereocenters. The van der Waals surface area contributed by atoms with E-state index in [1.807, 2.05) is 6.07 Å². The number of nitrogens with zero attached hydrogens (tertiary/aromatic N) is 1. The number of rotatable bonds is 5. The summed E-state index contributed by atoms with van der Waals surface area (Å²) in [6, 6.07) is 20.9. The third kappa shape index (κ3) is 3.88. The van der Waals surface area contributed by atoms with Crippen LogP contribution in [-0.2, 0) is 21.1 Å². The first kappa shape index (κ1) is 19.6. The Bertz CT molecular complexity index is 918. The molecule has 5 heteroatoms. The molecular formula is C23H26NO2PS. The number of hydrogen-bond donors (Lipinski definition) is 0. The monoisotopic (exact) mass is 411 g/mol. The molecule has 2 aromatic rings. The molecule has 1 fully saturated rings. The van der Waals surface area contributed by atoms with Crippen LogP contribution in [0, 0.1) is 0 Å². The number of morpholine rings is 1. The molecule has 3 nitrogen and oxygen atoms in total. The maximum atomic E-state index is 6.24. The van der Waals surface area contributed by atoms with Gasteiger partial charge in [-0.2, -0.15) is 0 Å². The lowest BCUT2D eigenvalue weighted by molar-refractivity contribution is 0.0548. The number of benzene rings is 2. The van der Waals surface area contributed by atoms with Gasteiger partial charge in [0.2, 0.25) is 0 Å². The van der Waals surface area contributed by atoms with E-state index in [9.17, 15) is 0 Å². The summed E-state index contributed by atoms with van der Waals surface area (Å²) in [5.41, 5.74) is 3.90. The molecule has 146 valence electrons. The summed E-state index contributed by atoms with van der Waals surface area (Å²) in [5.74, 6) is 0. The largest absolute Gasteiger partial charge is 0.378 e. The molecule has 0 aromatic heterocycles. The second kappa shape index (κ2) is 8.75. The predicted molar refractivity (Wildman–Crippen MR) is 120 cm³/mol. The first-order chi connectivity index (χ1) is 13.7. The van der Waals surface area contributed by atoms with E-state index in [0.29, 0.717) is 0 Å². The SMILES string of the molecule is COP(=S)(C1=C(N2CCOCC2)C(=Cc2ccccc2)CC1)c1ccccc1. The van der Waals surface area contributed by atoms with Crippen molar-refractivity contribution in [3.05, 3.63) is 82.8 Å². The van der Waals surface area contributed by atoms with Gasteiger partial charge in [-0.25, -0.2) is 0 Å². The quantitative estimate of drug-likeness (QED) is 0.661. The molecule has 0 bridgehead atoms. The van der Waals surface area contributed by atoms with Crippen LogP contribution in [-0.4, -0.2) is 38.3 Å². The second-order valence-electron chi connectivity index (χ2n) is 7.04. The van der Waals surface area contributed by atoms with Crippen LogP contribution in [0.5, 0.6) is 0 Å². The Hall–Kier alpha value is -1.71. The topological polar surface area (TPSA) is 21.7 Å². The van der Waals surface area contributed by atoms with Gasteiger partial charge in [-0.1, -0.05) is 72.5 Å². The Kier molecular flexibility index (Phi) is 6.13. The molecule has 0 saturated carbocycles. The lowest BCUT2D eigenvalue weighted by Crippen LogP contribution is -2.36. The summed E-state index contributed by atoms with van der Waals surface area (Å²) in [5, 5.41) is 2.44. The van der Waals surface area contributed by atoms with Gasteiger partial charge in [0, 0.05) is 36.5 Å². The van der Waals surface area contributed by atoms with E-state index in [1.54, 1.807) is 7.11 Å². The van der Waals surface area contributed by atoms with Gasteiger partial charge in [0.15, 0.2) is 0 Å². The highest BCUT2D eigenvalue weighted by atomic mass is 32.4. The van der Waals surface area contributed by atoms with E-state index in [1.165, 1.54) is 22.1 Å². The average Bonchev–Trinajstić information content (AvgIpc) is 3.19. The Morgan fingerprint density at radius 1 is 0.964 bits per heavy atom. The molecule has 1 atom stereocenters. The van der Waals surface area contributed by atoms with Gasteiger partial charge in [0.1, 0.15) is 6.26 Å². The summed E-state index contributed by atoms with van der Waals surface area (Å²) in [7, 11) is 1.77. The highest BCUT2D eigenvalue weighted by molar-refractivity contribution is 8.17. The van der Waals surface area contributed by atoms with Crippen LogP contribution in [0.4, 0.5) is 0 Å². The minimum Gasteiger partial charge on any atom is -0.378 e. The van der Waals surface area contributed by atoms with Crippen LogP contribution in [0.3, 0.4) is 0 Å². The first-order valence-corrected chi connectivity index (χ1v) is 12.5. The van der Waals surface area contributed by atoms with Gasteiger partial charge in [0.25, 0.3) is 0 Å². The number of hydrogen-bond acceptors (Lipinski definition) is 4. The zero-order chi connectivity index (χ0) is 19.4. The second-order valence-corrected chi connectivity index (χ2v) is 11.1. The average molecular weight is 412 g/mol. The fourth-order valence-electron chi connectivity index (χ4n) is 4.02. The van der Waals surface area contributed by atoms with Crippen molar-refractivity contribution in [3.8, 4) is 0 Å². The molecule has 28 heavy (non-hydrogen) atoms. The van der Waals surface area contributed by atoms with Crippen LogP contribution in [0.15, 0.2) is 77.2 Å². The van der Waals surface area contributed by atoms with E-state index in [2.05, 4.69) is 65.6 Å². The molecule has 1 heterocycles. The zero-order valence-corrected chi connectivity index (χ0v) is 17.9. The molecule has 1 saturated heterocycles. The zero-order valence-electron chi connectivity index (χ0n) is 16.2. The molecule has 0 N–H and O–H groups in total. The summed E-state index contributed by atoms with van der Waals surface area (Å²) in [6.07, 6.45) is 2.01. The summed E-state index contributed by atoms with van der Waals surface area (Å²) in [6.45, 7) is 3.32. The van der Waals surface area contributed by atoms with E-state index < -0.39 is 6.26 Å². The van der Waals surface area contributed by atoms with Gasteiger partial charge in [-0.3, -0.25) is 0 Å². The molecule has 1 aliphatic carbocycles. The maximum absolute atomic E-state index is 6.24. The van der Waals surface area contributed by atoms with Crippen molar-refractivity contribution in [1.29, 1.82) is 0 Å². The highest BCUT2D eigenvalue weighted by Gasteiger charge is 2.35. The number of allylic oxidation sites excluding steroid dienone is 2. The van der Waals surface area contributed by atoms with Crippen molar-refractivity contribution in [2.45, 2.75) is 12.8 Å². The molecular weight excluding hydrogens is 385 g/mol. The van der Waals surface area contributed by atoms with Gasteiger partial charge < -0.3 is 14.2 Å². The highest BCUT2D eigenvalue weighted by Crippen LogP contribution is 2.60. The third-order valence-corrected chi connectivity index (χ3v) is 9.76. The van der Waals surface area contributed by atoms with Crippen LogP contribution in [0.25, 0.3) is 6.08 Å². The van der Waals surface area contributed by atoms with Crippen LogP contribution in [0.1, 0.15) is 18.4 Å². The summed E-state index contributed by atoms with van der Waals surface area (Å²) >= 11 is 6.24. The molecule has 4 rings (SSSR count).